The Balaban J connectivity index is 2.58. The Kier molecular flexibility index (Phi) is 3.78. The number of methoxy groups -OCH3 is 1. The van der Waals surface area contributed by atoms with Gasteiger partial charge in [-0.1, -0.05) is 36.4 Å². The van der Waals surface area contributed by atoms with Crippen LogP contribution in [0, 0.1) is 3.57 Å². The molecule has 2 aromatic carbocycles. The van der Waals surface area contributed by atoms with Crippen LogP contribution in [0.15, 0.2) is 48.5 Å². The smallest absolute Gasteiger partial charge is 0.338 e. The Labute approximate surface area is 114 Å². The monoisotopic (exact) mass is 338 g/mol. The maximum atomic E-state index is 11.7. The third kappa shape index (κ3) is 2.66. The fourth-order valence-electron chi connectivity index (χ4n) is 1.66. The van der Waals surface area contributed by atoms with Crippen molar-refractivity contribution in [2.45, 2.75) is 0 Å². The predicted octanol–water partition coefficient (Wildman–Crippen LogP) is 3.74. The zero-order valence-corrected chi connectivity index (χ0v) is 11.5. The van der Waals surface area contributed by atoms with Gasteiger partial charge in [0.1, 0.15) is 0 Å². The second-order valence-corrected chi connectivity index (χ2v) is 4.79. The standard InChI is InChI=1S/C14H11IO2/c1-17-14(16)13-9-11(15)7-8-12(13)10-5-3-2-4-6-10/h2-9H,1H3. The molecule has 0 aliphatic carbocycles. The molecule has 0 aliphatic rings. The number of benzene rings is 2. The maximum Gasteiger partial charge on any atom is 0.338 e. The van der Waals surface area contributed by atoms with Gasteiger partial charge in [0.05, 0.1) is 12.7 Å². The van der Waals surface area contributed by atoms with Gasteiger partial charge in [0, 0.05) is 3.57 Å². The summed E-state index contributed by atoms with van der Waals surface area (Å²) in [7, 11) is 1.40. The van der Waals surface area contributed by atoms with Crippen LogP contribution in [0.3, 0.4) is 0 Å². The minimum atomic E-state index is -0.303. The summed E-state index contributed by atoms with van der Waals surface area (Å²) in [4.78, 5) is 11.7. The van der Waals surface area contributed by atoms with Crippen molar-refractivity contribution in [2.75, 3.05) is 7.11 Å². The summed E-state index contributed by atoms with van der Waals surface area (Å²) in [5.74, 6) is -0.303. The number of carbonyl (C=O) groups is 1. The van der Waals surface area contributed by atoms with Gasteiger partial charge in [0.2, 0.25) is 0 Å². The minimum Gasteiger partial charge on any atom is -0.465 e. The number of rotatable bonds is 2. The van der Waals surface area contributed by atoms with E-state index in [-0.39, 0.29) is 5.97 Å². The van der Waals surface area contributed by atoms with Crippen molar-refractivity contribution in [3.05, 3.63) is 57.7 Å². The molecule has 2 rings (SSSR count). The number of ether oxygens (including phenoxy) is 1. The molecule has 0 N–H and O–H groups in total. The zero-order chi connectivity index (χ0) is 12.3. The summed E-state index contributed by atoms with van der Waals surface area (Å²) >= 11 is 2.18. The molecule has 0 fully saturated rings. The average Bonchev–Trinajstić information content (AvgIpc) is 2.38. The largest absolute Gasteiger partial charge is 0.465 e. The SMILES string of the molecule is COC(=O)c1cc(I)ccc1-c1ccccc1. The molecular weight excluding hydrogens is 327 g/mol. The second kappa shape index (κ2) is 5.31. The molecule has 0 saturated heterocycles. The molecule has 0 heterocycles. The van der Waals surface area contributed by atoms with Gasteiger partial charge < -0.3 is 4.74 Å². The van der Waals surface area contributed by atoms with E-state index in [0.29, 0.717) is 5.56 Å². The molecule has 0 radical (unpaired) electrons. The van der Waals surface area contributed by atoms with Crippen LogP contribution in [0.4, 0.5) is 0 Å². The number of halogens is 1. The first kappa shape index (κ1) is 12.1. The van der Waals surface area contributed by atoms with E-state index in [9.17, 15) is 4.79 Å². The van der Waals surface area contributed by atoms with Crippen molar-refractivity contribution in [3.8, 4) is 11.1 Å². The quantitative estimate of drug-likeness (QED) is 0.616. The lowest BCUT2D eigenvalue weighted by Crippen LogP contribution is -2.04. The fraction of sp³-hybridized carbons (Fsp3) is 0.0714. The highest BCUT2D eigenvalue weighted by Gasteiger charge is 2.13. The zero-order valence-electron chi connectivity index (χ0n) is 9.31. The Morgan fingerprint density at radius 2 is 1.82 bits per heavy atom. The molecule has 0 unspecified atom stereocenters. The van der Waals surface area contributed by atoms with Crippen molar-refractivity contribution in [1.29, 1.82) is 0 Å². The van der Waals surface area contributed by atoms with Gasteiger partial charge in [-0.2, -0.15) is 0 Å². The van der Waals surface area contributed by atoms with E-state index in [4.69, 9.17) is 4.74 Å². The van der Waals surface area contributed by atoms with Crippen LogP contribution in [-0.2, 0) is 4.74 Å². The lowest BCUT2D eigenvalue weighted by Gasteiger charge is -2.08. The van der Waals surface area contributed by atoms with E-state index in [2.05, 4.69) is 22.6 Å². The van der Waals surface area contributed by atoms with Gasteiger partial charge in [-0.05, 0) is 45.9 Å². The summed E-state index contributed by atoms with van der Waals surface area (Å²) < 4.78 is 5.83. The summed E-state index contributed by atoms with van der Waals surface area (Å²) in [6, 6.07) is 15.6. The molecule has 0 aromatic heterocycles. The van der Waals surface area contributed by atoms with E-state index in [1.165, 1.54) is 7.11 Å². The van der Waals surface area contributed by atoms with Gasteiger partial charge in [0.15, 0.2) is 0 Å². The van der Waals surface area contributed by atoms with Crippen molar-refractivity contribution >= 4 is 28.6 Å². The molecule has 17 heavy (non-hydrogen) atoms. The number of hydrogen-bond acceptors (Lipinski definition) is 2. The lowest BCUT2D eigenvalue weighted by molar-refractivity contribution is 0.0601. The number of esters is 1. The Morgan fingerprint density at radius 3 is 2.47 bits per heavy atom. The first-order valence-corrected chi connectivity index (χ1v) is 6.23. The van der Waals surface area contributed by atoms with Crippen LogP contribution in [0.1, 0.15) is 10.4 Å². The molecule has 86 valence electrons. The minimum absolute atomic E-state index is 0.303. The molecule has 0 saturated carbocycles. The van der Waals surface area contributed by atoms with Gasteiger partial charge in [0.25, 0.3) is 0 Å². The van der Waals surface area contributed by atoms with E-state index in [1.54, 1.807) is 0 Å². The molecular formula is C14H11IO2. The highest BCUT2D eigenvalue weighted by Crippen LogP contribution is 2.25. The normalized spacial score (nSPS) is 10.0. The van der Waals surface area contributed by atoms with Crippen LogP contribution < -0.4 is 0 Å². The van der Waals surface area contributed by atoms with Gasteiger partial charge in [-0.25, -0.2) is 4.79 Å². The molecule has 2 aromatic rings. The summed E-state index contributed by atoms with van der Waals surface area (Å²) in [5.41, 5.74) is 2.52. The number of carbonyl (C=O) groups excluding carboxylic acids is 1. The summed E-state index contributed by atoms with van der Waals surface area (Å²) in [6.45, 7) is 0. The molecule has 3 heteroatoms. The first-order valence-electron chi connectivity index (χ1n) is 5.15. The van der Waals surface area contributed by atoms with Gasteiger partial charge in [-0.3, -0.25) is 0 Å². The Bertz CT molecular complexity index is 535. The molecule has 0 bridgehead atoms. The van der Waals surface area contributed by atoms with E-state index >= 15 is 0 Å². The van der Waals surface area contributed by atoms with E-state index < -0.39 is 0 Å². The van der Waals surface area contributed by atoms with Crippen molar-refractivity contribution in [3.63, 3.8) is 0 Å². The molecule has 0 amide bonds. The average molecular weight is 338 g/mol. The lowest BCUT2D eigenvalue weighted by atomic mass is 10.00. The van der Waals surface area contributed by atoms with Crippen LogP contribution in [-0.4, -0.2) is 13.1 Å². The topological polar surface area (TPSA) is 26.3 Å². The van der Waals surface area contributed by atoms with Crippen LogP contribution in [0.25, 0.3) is 11.1 Å². The molecule has 0 aliphatic heterocycles. The van der Waals surface area contributed by atoms with Crippen LogP contribution in [0.2, 0.25) is 0 Å². The van der Waals surface area contributed by atoms with E-state index in [1.807, 2.05) is 48.5 Å². The van der Waals surface area contributed by atoms with Crippen LogP contribution in [0.5, 0.6) is 0 Å². The van der Waals surface area contributed by atoms with Crippen molar-refractivity contribution < 1.29 is 9.53 Å². The highest BCUT2D eigenvalue weighted by molar-refractivity contribution is 14.1. The molecule has 0 atom stereocenters. The Hall–Kier alpha value is -1.36. The van der Waals surface area contributed by atoms with Crippen LogP contribution >= 0.6 is 22.6 Å². The highest BCUT2D eigenvalue weighted by atomic mass is 127. The van der Waals surface area contributed by atoms with Crippen molar-refractivity contribution in [1.82, 2.24) is 0 Å². The number of hydrogen-bond donors (Lipinski definition) is 0. The predicted molar refractivity (Wildman–Crippen MR) is 75.9 cm³/mol. The molecule has 0 spiro atoms. The Morgan fingerprint density at radius 1 is 1.12 bits per heavy atom. The van der Waals surface area contributed by atoms with Gasteiger partial charge in [-0.15, -0.1) is 0 Å². The van der Waals surface area contributed by atoms with E-state index in [0.717, 1.165) is 14.7 Å². The summed E-state index contributed by atoms with van der Waals surface area (Å²) in [5, 5.41) is 0. The second-order valence-electron chi connectivity index (χ2n) is 3.55. The first-order chi connectivity index (χ1) is 8.22. The third-order valence-corrected chi connectivity index (χ3v) is 3.14. The maximum absolute atomic E-state index is 11.7. The fourth-order valence-corrected chi connectivity index (χ4v) is 2.16. The summed E-state index contributed by atoms with van der Waals surface area (Å²) in [6.07, 6.45) is 0. The van der Waals surface area contributed by atoms with Gasteiger partial charge >= 0.3 is 5.97 Å². The molecule has 2 nitrogen and oxygen atoms in total. The van der Waals surface area contributed by atoms with Crippen molar-refractivity contribution in [2.24, 2.45) is 0 Å². The third-order valence-electron chi connectivity index (χ3n) is 2.47.